The summed E-state index contributed by atoms with van der Waals surface area (Å²) < 4.78 is 58.6. The van der Waals surface area contributed by atoms with E-state index in [4.69, 9.17) is 0 Å². The van der Waals surface area contributed by atoms with Gasteiger partial charge in [-0.3, -0.25) is 0 Å². The van der Waals surface area contributed by atoms with Crippen molar-refractivity contribution in [3.05, 3.63) is 332 Å². The van der Waals surface area contributed by atoms with Crippen LogP contribution in [-0.4, -0.2) is 25.0 Å². The zero-order valence-corrected chi connectivity index (χ0v) is 61.6. The van der Waals surface area contributed by atoms with Crippen molar-refractivity contribution >= 4 is 153 Å². The number of nitrogens with zero attached hydrogens (tertiary/aromatic N) is 4. The molecule has 15 aromatic carbocycles. The highest BCUT2D eigenvalue weighted by atomic mass is 15.0. The summed E-state index contributed by atoms with van der Waals surface area (Å²) in [4.78, 5) is 0. The SMILES string of the molecule is [2H]c1c2c3c(c([2H])c1C(C)(C)C)-n1c4c(-c5ccccc5)cc(C(C)(C)C)cc4c4ccccc4c4ccccc4c4c1c(c([2H])c1c5ccccc5n(-c5ccccc5)c14)B3c1c([2H])c3c(c4ccccc4n3-c3ccccc3)c3c4ccccc4c4ccccc4c4cc(C(C)(C)C)cc(-c5ccccc5)c4n-2c13. The smallest absolute Gasteiger partial charge is 0.252 e. The molecule has 0 atom stereocenters. The predicted molar refractivity (Wildman–Crippen MR) is 461 cm³/mol. The van der Waals surface area contributed by atoms with Gasteiger partial charge < -0.3 is 18.3 Å². The summed E-state index contributed by atoms with van der Waals surface area (Å²) in [6, 6.07) is 107. The average molecular weight is 1380 g/mol. The second-order valence-electron chi connectivity index (χ2n) is 32.7. The molecule has 4 aromatic heterocycles. The lowest BCUT2D eigenvalue weighted by Crippen LogP contribution is -2.60. The van der Waals surface area contributed by atoms with E-state index in [2.05, 4.69) is 372 Å². The lowest BCUT2D eigenvalue weighted by molar-refractivity contribution is 0.589. The fourth-order valence-corrected chi connectivity index (χ4v) is 18.3. The topological polar surface area (TPSA) is 19.7 Å². The van der Waals surface area contributed by atoms with Crippen LogP contribution in [0.25, 0.3) is 175 Å². The monoisotopic (exact) mass is 1370 g/mol. The second-order valence-corrected chi connectivity index (χ2v) is 32.7. The molecular formula is C102H79BN4. The van der Waals surface area contributed by atoms with Crippen LogP contribution < -0.4 is 16.4 Å². The van der Waals surface area contributed by atoms with Crippen LogP contribution in [0.4, 0.5) is 0 Å². The molecular weight excluding hydrogens is 1290 g/mol. The second kappa shape index (κ2) is 23.0. The van der Waals surface area contributed by atoms with Crippen LogP contribution >= 0.6 is 0 Å². The van der Waals surface area contributed by atoms with Gasteiger partial charge in [-0.05, 0) is 182 Å². The number of benzene rings is 15. The first-order valence-corrected chi connectivity index (χ1v) is 37.7. The standard InChI is InChI=1S/C102H79BN4/c1-100(2,3)64-54-79(62-34-14-10-15-35-62)95-81(56-64)73-46-24-22-42-69(73)71-44-26-28-49-76(71)92-91-78-51-31-33-53-87(78)104(67-38-18-12-19-39-67)88(91)61-85-98(92)106(95)89-58-66(102(7,8)9)59-90-94(89)103(85)84-60-83-75-48-30-32-52-86(75)105(68-40-20-13-21-41-68)97(83)93-77-50-29-27-45-72(77)70-43-23-25-47-74(70)82-57-65(101(4,5)6)55-80(63-36-16-11-17-37-63)96(82)107(90)99(84)93/h10-61H,1-9H3/i58D,59D,60D,61D. The van der Waals surface area contributed by atoms with E-state index in [1.165, 1.54) is 0 Å². The van der Waals surface area contributed by atoms with Crippen molar-refractivity contribution < 1.29 is 5.48 Å². The molecule has 0 bridgehead atoms. The van der Waals surface area contributed by atoms with Crippen LogP contribution in [-0.2, 0) is 16.2 Å². The van der Waals surface area contributed by atoms with Gasteiger partial charge in [0.1, 0.15) is 0 Å². The van der Waals surface area contributed by atoms with Gasteiger partial charge in [-0.15, -0.1) is 0 Å². The summed E-state index contributed by atoms with van der Waals surface area (Å²) in [5.74, 6) is 0. The van der Waals surface area contributed by atoms with E-state index in [1.54, 1.807) is 0 Å². The minimum atomic E-state index is -1.01. The summed E-state index contributed by atoms with van der Waals surface area (Å²) in [6.45, 7) is 19.4. The molecule has 0 spiro atoms. The van der Waals surface area contributed by atoms with Crippen molar-refractivity contribution in [3.63, 3.8) is 0 Å². The third-order valence-corrected chi connectivity index (χ3v) is 23.2. The van der Waals surface area contributed by atoms with Gasteiger partial charge in [-0.25, -0.2) is 0 Å². The maximum atomic E-state index is 12.4. The maximum absolute atomic E-state index is 12.4. The third kappa shape index (κ3) is 9.23. The largest absolute Gasteiger partial charge is 0.310 e. The first-order chi connectivity index (χ1) is 53.8. The van der Waals surface area contributed by atoms with Crippen molar-refractivity contribution in [1.82, 2.24) is 18.3 Å². The highest BCUT2D eigenvalue weighted by molar-refractivity contribution is 7.00. The normalized spacial score (nSPS) is 13.4. The molecule has 6 heterocycles. The molecule has 0 N–H and O–H groups in total. The van der Waals surface area contributed by atoms with Crippen molar-refractivity contribution in [2.45, 2.75) is 78.6 Å². The van der Waals surface area contributed by atoms with Crippen molar-refractivity contribution in [2.75, 3.05) is 0 Å². The number of hydrogen-bond acceptors (Lipinski definition) is 0. The van der Waals surface area contributed by atoms with Gasteiger partial charge in [-0.1, -0.05) is 299 Å². The minimum Gasteiger partial charge on any atom is -0.310 e. The molecule has 0 unspecified atom stereocenters. The van der Waals surface area contributed by atoms with Gasteiger partial charge >= 0.3 is 0 Å². The molecule has 19 aromatic rings. The molecule has 0 fully saturated rings. The number of para-hydroxylation sites is 4. The Morgan fingerprint density at radius 2 is 0.607 bits per heavy atom. The fraction of sp³-hybridized carbons (Fsp3) is 0.118. The quantitative estimate of drug-likeness (QED) is 0.157. The Bertz CT molecular complexity index is 7470. The first-order valence-electron chi connectivity index (χ1n) is 39.7. The van der Waals surface area contributed by atoms with Gasteiger partial charge in [0, 0.05) is 77.0 Å². The maximum Gasteiger partial charge on any atom is 0.252 e. The van der Waals surface area contributed by atoms with E-state index in [1.807, 2.05) is 0 Å². The molecule has 0 saturated carbocycles. The molecule has 0 saturated heterocycles. The summed E-state index contributed by atoms with van der Waals surface area (Å²) in [7, 11) is 0. The third-order valence-electron chi connectivity index (χ3n) is 23.2. The van der Waals surface area contributed by atoms with E-state index < -0.39 is 12.1 Å². The number of hydrogen-bond donors (Lipinski definition) is 0. The van der Waals surface area contributed by atoms with Crippen LogP contribution in [0.5, 0.6) is 0 Å². The van der Waals surface area contributed by atoms with Crippen LogP contribution in [0, 0.1) is 0 Å². The summed E-state index contributed by atoms with van der Waals surface area (Å²) in [6.07, 6.45) is 0. The minimum absolute atomic E-state index is 0.218. The van der Waals surface area contributed by atoms with Gasteiger partial charge in [0.25, 0.3) is 6.71 Å². The molecule has 5 heteroatoms. The molecule has 2 aliphatic heterocycles. The van der Waals surface area contributed by atoms with Gasteiger partial charge in [0.15, 0.2) is 0 Å². The zero-order chi connectivity index (χ0) is 75.6. The van der Waals surface area contributed by atoms with E-state index in [9.17, 15) is 5.48 Å². The average Bonchev–Trinajstić information content (AvgIpc) is 1.65. The summed E-state index contributed by atoms with van der Waals surface area (Å²) >= 11 is 0. The molecule has 2 aliphatic rings. The van der Waals surface area contributed by atoms with Crippen molar-refractivity contribution in [2.24, 2.45) is 0 Å². The Hall–Kier alpha value is -12.4. The number of rotatable bonds is 4. The van der Waals surface area contributed by atoms with Crippen LogP contribution in [0.1, 0.15) is 84.5 Å². The van der Waals surface area contributed by atoms with E-state index >= 15 is 0 Å². The zero-order valence-electron chi connectivity index (χ0n) is 65.6. The fourth-order valence-electron chi connectivity index (χ4n) is 18.3. The molecule has 21 rings (SSSR count). The van der Waals surface area contributed by atoms with E-state index in [0.717, 1.165) is 175 Å². The van der Waals surface area contributed by atoms with Gasteiger partial charge in [-0.2, -0.15) is 0 Å². The Labute approximate surface area is 629 Å². The molecule has 0 amide bonds. The predicted octanol–water partition coefficient (Wildman–Crippen LogP) is 25.3. The highest BCUT2D eigenvalue weighted by Gasteiger charge is 2.43. The molecule has 4 nitrogen and oxygen atoms in total. The van der Waals surface area contributed by atoms with Crippen molar-refractivity contribution in [3.8, 4) is 45.0 Å². The summed E-state index contributed by atoms with van der Waals surface area (Å²) in [5, 5.41) is 15.4. The van der Waals surface area contributed by atoms with Crippen molar-refractivity contribution in [1.29, 1.82) is 0 Å². The number of aromatic nitrogens is 4. The number of fused-ring (bicyclic) bond motifs is 26. The highest BCUT2D eigenvalue weighted by Crippen LogP contribution is 2.50. The lowest BCUT2D eigenvalue weighted by Gasteiger charge is -2.38. The van der Waals surface area contributed by atoms with Crippen LogP contribution in [0.2, 0.25) is 0 Å². The molecule has 0 aliphatic carbocycles. The first kappa shape index (κ1) is 58.9. The Balaban J connectivity index is 1.20. The Kier molecular flexibility index (Phi) is 12.7. The van der Waals surface area contributed by atoms with E-state index in [-0.39, 0.29) is 22.9 Å². The van der Waals surface area contributed by atoms with Gasteiger partial charge in [0.05, 0.1) is 49.6 Å². The Morgan fingerprint density at radius 3 is 1.07 bits per heavy atom. The lowest BCUT2D eigenvalue weighted by atomic mass is 9.34. The summed E-state index contributed by atoms with van der Waals surface area (Å²) in [5.41, 5.74) is 17.1. The van der Waals surface area contributed by atoms with Crippen LogP contribution in [0.3, 0.4) is 0 Å². The molecule has 107 heavy (non-hydrogen) atoms. The van der Waals surface area contributed by atoms with E-state index in [0.29, 0.717) is 45.4 Å². The molecule has 0 radical (unpaired) electrons. The van der Waals surface area contributed by atoms with Crippen LogP contribution in [0.15, 0.2) is 315 Å². The molecule has 510 valence electrons. The van der Waals surface area contributed by atoms with Gasteiger partial charge in [0.2, 0.25) is 0 Å². The Morgan fingerprint density at radius 1 is 0.252 bits per heavy atom.